The molecule has 2 aromatic carbocycles. The zero-order chi connectivity index (χ0) is 21.5. The maximum Gasteiger partial charge on any atom is 0.340 e. The molecule has 0 atom stereocenters. The average Bonchev–Trinajstić information content (AvgIpc) is 3.25. The van der Waals surface area contributed by atoms with Gasteiger partial charge in [0.15, 0.2) is 5.76 Å². The number of non-ortho nitro benzene ring substituents is 1. The van der Waals surface area contributed by atoms with Gasteiger partial charge in [-0.3, -0.25) is 14.9 Å². The molecule has 0 radical (unpaired) electrons. The summed E-state index contributed by atoms with van der Waals surface area (Å²) in [4.78, 5) is 35.1. The second kappa shape index (κ2) is 9.51. The van der Waals surface area contributed by atoms with Crippen molar-refractivity contribution in [1.82, 2.24) is 0 Å². The van der Waals surface area contributed by atoms with Crippen molar-refractivity contribution in [1.29, 1.82) is 0 Å². The van der Waals surface area contributed by atoms with E-state index >= 15 is 0 Å². The molecule has 8 nitrogen and oxygen atoms in total. The van der Waals surface area contributed by atoms with Crippen LogP contribution in [0.1, 0.15) is 40.7 Å². The van der Waals surface area contributed by atoms with E-state index in [0.29, 0.717) is 23.6 Å². The summed E-state index contributed by atoms with van der Waals surface area (Å²) in [6.07, 6.45) is 1.67. The molecule has 0 aliphatic rings. The maximum atomic E-state index is 12.6. The van der Waals surface area contributed by atoms with Gasteiger partial charge in [-0.2, -0.15) is 0 Å². The highest BCUT2D eigenvalue weighted by Gasteiger charge is 2.18. The van der Waals surface area contributed by atoms with E-state index < -0.39 is 16.8 Å². The molecule has 30 heavy (non-hydrogen) atoms. The van der Waals surface area contributed by atoms with Crippen LogP contribution in [0.15, 0.2) is 65.1 Å². The first-order valence-electron chi connectivity index (χ1n) is 9.41. The molecule has 0 unspecified atom stereocenters. The summed E-state index contributed by atoms with van der Waals surface area (Å²) in [6.45, 7) is 2.31. The van der Waals surface area contributed by atoms with Crippen molar-refractivity contribution in [2.45, 2.75) is 19.8 Å². The Morgan fingerprint density at radius 3 is 2.50 bits per heavy atom. The smallest absolute Gasteiger partial charge is 0.340 e. The van der Waals surface area contributed by atoms with Crippen molar-refractivity contribution in [3.63, 3.8) is 0 Å². The third-order valence-corrected chi connectivity index (χ3v) is 4.32. The predicted molar refractivity (Wildman–Crippen MR) is 110 cm³/mol. The van der Waals surface area contributed by atoms with Gasteiger partial charge in [0.05, 0.1) is 22.8 Å². The van der Waals surface area contributed by atoms with Crippen molar-refractivity contribution < 1.29 is 23.7 Å². The number of amides is 1. The number of nitro groups is 1. The number of hydrogen-bond donors (Lipinski definition) is 1. The van der Waals surface area contributed by atoms with Crippen LogP contribution >= 0.6 is 0 Å². The molecule has 154 valence electrons. The predicted octanol–water partition coefficient (Wildman–Crippen LogP) is 5.06. The lowest BCUT2D eigenvalue weighted by Crippen LogP contribution is -2.15. The van der Waals surface area contributed by atoms with Gasteiger partial charge >= 0.3 is 5.97 Å². The van der Waals surface area contributed by atoms with Crippen molar-refractivity contribution in [2.24, 2.45) is 0 Å². The van der Waals surface area contributed by atoms with Crippen LogP contribution in [0.25, 0.3) is 11.3 Å². The van der Waals surface area contributed by atoms with Crippen LogP contribution < -0.4 is 5.32 Å². The van der Waals surface area contributed by atoms with Crippen LogP contribution in [-0.2, 0) is 4.74 Å². The number of unbranched alkanes of at least 4 members (excludes halogenated alkanes) is 1. The van der Waals surface area contributed by atoms with Crippen molar-refractivity contribution in [2.75, 3.05) is 11.9 Å². The summed E-state index contributed by atoms with van der Waals surface area (Å²) in [5, 5.41) is 13.4. The molecule has 1 N–H and O–H groups in total. The number of furan rings is 1. The second-order valence-electron chi connectivity index (χ2n) is 6.46. The number of benzene rings is 2. The lowest BCUT2D eigenvalue weighted by Gasteiger charge is -2.10. The first kappa shape index (κ1) is 20.8. The fraction of sp³-hybridized carbons (Fsp3) is 0.182. The maximum absolute atomic E-state index is 12.6. The first-order valence-corrected chi connectivity index (χ1v) is 9.41. The molecule has 8 heteroatoms. The molecule has 0 spiro atoms. The quantitative estimate of drug-likeness (QED) is 0.241. The summed E-state index contributed by atoms with van der Waals surface area (Å²) in [5.74, 6) is -0.609. The number of carbonyl (C=O) groups is 2. The van der Waals surface area contributed by atoms with Crippen molar-refractivity contribution in [3.05, 3.63) is 82.1 Å². The lowest BCUT2D eigenvalue weighted by molar-refractivity contribution is -0.384. The fourth-order valence-corrected chi connectivity index (χ4v) is 2.70. The Kier molecular flexibility index (Phi) is 6.59. The van der Waals surface area contributed by atoms with Crippen LogP contribution in [-0.4, -0.2) is 23.4 Å². The van der Waals surface area contributed by atoms with Gasteiger partial charge in [0.1, 0.15) is 5.76 Å². The number of esters is 1. The van der Waals surface area contributed by atoms with Gasteiger partial charge in [0, 0.05) is 17.7 Å². The zero-order valence-corrected chi connectivity index (χ0v) is 16.3. The van der Waals surface area contributed by atoms with E-state index in [-0.39, 0.29) is 17.0 Å². The zero-order valence-electron chi connectivity index (χ0n) is 16.3. The number of anilines is 1. The van der Waals surface area contributed by atoms with Gasteiger partial charge in [-0.1, -0.05) is 25.5 Å². The molecule has 1 amide bonds. The molecule has 0 aliphatic heterocycles. The Labute approximate surface area is 172 Å². The number of nitrogens with one attached hydrogen (secondary N) is 1. The van der Waals surface area contributed by atoms with E-state index in [1.54, 1.807) is 42.5 Å². The minimum Gasteiger partial charge on any atom is -0.462 e. The molecule has 0 saturated carbocycles. The fourth-order valence-electron chi connectivity index (χ4n) is 2.70. The summed E-state index contributed by atoms with van der Waals surface area (Å²) >= 11 is 0. The molecule has 0 aliphatic carbocycles. The molecule has 1 heterocycles. The average molecular weight is 408 g/mol. The minimum atomic E-state index is -0.531. The van der Waals surface area contributed by atoms with Gasteiger partial charge < -0.3 is 14.5 Å². The SMILES string of the molecule is CCCCOC(=O)c1ccccc1NC(=O)c1ccc(-c2ccc([N+](=O)[O-])cc2)o1. The van der Waals surface area contributed by atoms with Gasteiger partial charge in [-0.25, -0.2) is 4.79 Å². The number of hydrogen-bond acceptors (Lipinski definition) is 6. The largest absolute Gasteiger partial charge is 0.462 e. The number of para-hydroxylation sites is 1. The summed E-state index contributed by atoms with van der Waals surface area (Å²) in [6, 6.07) is 15.5. The molecule has 3 aromatic rings. The highest BCUT2D eigenvalue weighted by atomic mass is 16.6. The molecule has 1 aromatic heterocycles. The number of nitro benzene ring substituents is 1. The lowest BCUT2D eigenvalue weighted by atomic mass is 10.1. The van der Waals surface area contributed by atoms with Crippen LogP contribution in [0.3, 0.4) is 0 Å². The number of carbonyl (C=O) groups excluding carboxylic acids is 2. The van der Waals surface area contributed by atoms with E-state index in [0.717, 1.165) is 12.8 Å². The Balaban J connectivity index is 1.73. The third-order valence-electron chi connectivity index (χ3n) is 4.32. The molecular formula is C22H20N2O6. The van der Waals surface area contributed by atoms with E-state index in [9.17, 15) is 19.7 Å². The molecule has 3 rings (SSSR count). The van der Waals surface area contributed by atoms with Gasteiger partial charge in [-0.15, -0.1) is 0 Å². The van der Waals surface area contributed by atoms with Crippen LogP contribution in [0.5, 0.6) is 0 Å². The van der Waals surface area contributed by atoms with Gasteiger partial charge in [0.2, 0.25) is 0 Å². The van der Waals surface area contributed by atoms with Gasteiger partial charge in [0.25, 0.3) is 11.6 Å². The highest BCUT2D eigenvalue weighted by Crippen LogP contribution is 2.25. The van der Waals surface area contributed by atoms with E-state index in [4.69, 9.17) is 9.15 Å². The molecular weight excluding hydrogens is 388 g/mol. The molecule has 0 saturated heterocycles. The molecule has 0 fully saturated rings. The Morgan fingerprint density at radius 1 is 1.07 bits per heavy atom. The summed E-state index contributed by atoms with van der Waals surface area (Å²) in [5.41, 5.74) is 1.13. The Hall–Kier alpha value is -3.94. The number of ether oxygens (including phenoxy) is 1. The minimum absolute atomic E-state index is 0.0364. The molecule has 0 bridgehead atoms. The summed E-state index contributed by atoms with van der Waals surface area (Å²) < 4.78 is 10.8. The monoisotopic (exact) mass is 408 g/mol. The summed E-state index contributed by atoms with van der Waals surface area (Å²) in [7, 11) is 0. The standard InChI is InChI=1S/C22H20N2O6/c1-2-3-14-29-22(26)17-6-4-5-7-18(17)23-21(25)20-13-12-19(30-20)15-8-10-16(11-9-15)24(27)28/h4-13H,2-3,14H2,1H3,(H,23,25). The van der Waals surface area contributed by atoms with E-state index in [1.807, 2.05) is 6.92 Å². The Morgan fingerprint density at radius 2 is 1.80 bits per heavy atom. The van der Waals surface area contributed by atoms with E-state index in [1.165, 1.54) is 18.2 Å². The van der Waals surface area contributed by atoms with Gasteiger partial charge in [-0.05, 0) is 42.8 Å². The van der Waals surface area contributed by atoms with E-state index in [2.05, 4.69) is 5.32 Å². The van der Waals surface area contributed by atoms with Crippen LogP contribution in [0.2, 0.25) is 0 Å². The third kappa shape index (κ3) is 4.91. The van der Waals surface area contributed by atoms with Crippen LogP contribution in [0.4, 0.5) is 11.4 Å². The Bertz CT molecular complexity index is 1060. The topological polar surface area (TPSA) is 112 Å². The normalized spacial score (nSPS) is 10.4. The number of nitrogens with zero attached hydrogens (tertiary/aromatic N) is 1. The second-order valence-corrected chi connectivity index (χ2v) is 6.46. The van der Waals surface area contributed by atoms with Crippen LogP contribution in [0, 0.1) is 10.1 Å². The van der Waals surface area contributed by atoms with Crippen molar-refractivity contribution >= 4 is 23.3 Å². The number of rotatable bonds is 8. The highest BCUT2D eigenvalue weighted by molar-refractivity contribution is 6.06. The first-order chi connectivity index (χ1) is 14.5. The van der Waals surface area contributed by atoms with Crippen molar-refractivity contribution in [3.8, 4) is 11.3 Å².